The molecule has 1 aromatic carbocycles. The smallest absolute Gasteiger partial charge is 0.251 e. The van der Waals surface area contributed by atoms with Crippen molar-refractivity contribution in [3.05, 3.63) is 53.6 Å². The monoisotopic (exact) mass is 363 g/mol. The molecule has 1 saturated heterocycles. The van der Waals surface area contributed by atoms with E-state index in [-0.39, 0.29) is 29.6 Å². The average Bonchev–Trinajstić information content (AvgIpc) is 3.44. The van der Waals surface area contributed by atoms with E-state index in [0.717, 1.165) is 36.9 Å². The van der Waals surface area contributed by atoms with E-state index in [1.165, 1.54) is 0 Å². The Balaban J connectivity index is 1.60. The molecule has 1 heterocycles. The van der Waals surface area contributed by atoms with Crippen LogP contribution in [-0.2, 0) is 14.3 Å². The van der Waals surface area contributed by atoms with Gasteiger partial charge >= 0.3 is 0 Å². The standard InChI is InChI=1S/C23H25NO3/c1-27-13-17-8-5-11-24(17)23(26)21-18-15-9-10-16(12-15)20(18)22(25)19(21)14-6-3-2-4-7-14/h2-4,6-7,9-10,15-18,20H,5,8,11-13H2,1H3/t15?,16?,17-,18?,20?/m0/s1. The zero-order valence-electron chi connectivity index (χ0n) is 15.6. The molecule has 4 nitrogen and oxygen atoms in total. The molecule has 1 aliphatic heterocycles. The number of nitrogens with zero attached hydrogens (tertiary/aromatic N) is 1. The highest BCUT2D eigenvalue weighted by Crippen LogP contribution is 2.58. The SMILES string of the molecule is COC[C@@H]1CCCN1C(=O)C1=C(c2ccccc2)C(=O)C2C3C=CC(C3)C12. The van der Waals surface area contributed by atoms with E-state index < -0.39 is 0 Å². The number of amides is 1. The number of Topliss-reactive ketones (excluding diaryl/α,β-unsaturated/α-hetero) is 1. The molecule has 4 aliphatic rings. The van der Waals surface area contributed by atoms with E-state index in [2.05, 4.69) is 12.2 Å². The molecule has 1 saturated carbocycles. The highest BCUT2D eigenvalue weighted by molar-refractivity contribution is 6.31. The van der Waals surface area contributed by atoms with Crippen LogP contribution in [0, 0.1) is 23.7 Å². The van der Waals surface area contributed by atoms with E-state index in [1.807, 2.05) is 35.2 Å². The van der Waals surface area contributed by atoms with Gasteiger partial charge in [0, 0.05) is 36.6 Å². The molecule has 5 rings (SSSR count). The molecule has 0 aromatic heterocycles. The van der Waals surface area contributed by atoms with Gasteiger partial charge < -0.3 is 9.64 Å². The van der Waals surface area contributed by atoms with Gasteiger partial charge in [0.15, 0.2) is 5.78 Å². The van der Waals surface area contributed by atoms with Gasteiger partial charge in [-0.3, -0.25) is 9.59 Å². The van der Waals surface area contributed by atoms with Crippen molar-refractivity contribution >= 4 is 17.3 Å². The minimum Gasteiger partial charge on any atom is -0.383 e. The Kier molecular flexibility index (Phi) is 4.05. The molecule has 1 amide bonds. The Morgan fingerprint density at radius 3 is 2.63 bits per heavy atom. The van der Waals surface area contributed by atoms with Gasteiger partial charge in [-0.1, -0.05) is 42.5 Å². The Morgan fingerprint density at radius 1 is 1.15 bits per heavy atom. The predicted molar refractivity (Wildman–Crippen MR) is 103 cm³/mol. The second-order valence-electron chi connectivity index (χ2n) is 8.27. The lowest BCUT2D eigenvalue weighted by Gasteiger charge is -2.29. The lowest BCUT2D eigenvalue weighted by molar-refractivity contribution is -0.129. The number of likely N-dealkylation sites (tertiary alicyclic amines) is 1. The van der Waals surface area contributed by atoms with Crippen molar-refractivity contribution in [2.24, 2.45) is 23.7 Å². The summed E-state index contributed by atoms with van der Waals surface area (Å²) in [6, 6.07) is 9.90. The zero-order valence-corrected chi connectivity index (χ0v) is 15.6. The molecule has 2 bridgehead atoms. The fraction of sp³-hybridized carbons (Fsp3) is 0.478. The summed E-state index contributed by atoms with van der Waals surface area (Å²) in [5.74, 6) is 0.873. The number of rotatable bonds is 4. The summed E-state index contributed by atoms with van der Waals surface area (Å²) in [6.45, 7) is 1.32. The maximum Gasteiger partial charge on any atom is 0.251 e. The molecule has 3 aliphatic carbocycles. The summed E-state index contributed by atoms with van der Waals surface area (Å²) < 4.78 is 5.35. The summed E-state index contributed by atoms with van der Waals surface area (Å²) in [7, 11) is 1.69. The predicted octanol–water partition coefficient (Wildman–Crippen LogP) is 3.10. The summed E-state index contributed by atoms with van der Waals surface area (Å²) in [5, 5.41) is 0. The topological polar surface area (TPSA) is 46.6 Å². The first-order valence-corrected chi connectivity index (χ1v) is 10.0. The van der Waals surface area contributed by atoms with E-state index in [9.17, 15) is 9.59 Å². The quantitative estimate of drug-likeness (QED) is 0.773. The van der Waals surface area contributed by atoms with Gasteiger partial charge in [0.1, 0.15) is 0 Å². The molecule has 0 N–H and O–H groups in total. The van der Waals surface area contributed by atoms with Gasteiger partial charge in [-0.05, 0) is 36.7 Å². The van der Waals surface area contributed by atoms with Crippen LogP contribution in [0.15, 0.2) is 48.1 Å². The number of carbonyl (C=O) groups is 2. The first-order valence-electron chi connectivity index (χ1n) is 10.0. The summed E-state index contributed by atoms with van der Waals surface area (Å²) >= 11 is 0. The maximum absolute atomic E-state index is 13.7. The minimum absolute atomic E-state index is 0.0439. The van der Waals surface area contributed by atoms with Crippen molar-refractivity contribution in [2.75, 3.05) is 20.3 Å². The van der Waals surface area contributed by atoms with Gasteiger partial charge in [0.05, 0.1) is 12.6 Å². The first-order chi connectivity index (χ1) is 13.2. The van der Waals surface area contributed by atoms with Crippen LogP contribution in [0.25, 0.3) is 5.57 Å². The summed E-state index contributed by atoms with van der Waals surface area (Å²) in [6.07, 6.45) is 7.42. The Morgan fingerprint density at radius 2 is 1.89 bits per heavy atom. The summed E-state index contributed by atoms with van der Waals surface area (Å²) in [4.78, 5) is 29.1. The van der Waals surface area contributed by atoms with Crippen molar-refractivity contribution in [2.45, 2.75) is 25.3 Å². The molecule has 2 fully saturated rings. The Bertz CT molecular complexity index is 840. The fourth-order valence-corrected chi connectivity index (χ4v) is 5.81. The molecule has 27 heavy (non-hydrogen) atoms. The van der Waals surface area contributed by atoms with Gasteiger partial charge in [-0.2, -0.15) is 0 Å². The number of hydrogen-bond acceptors (Lipinski definition) is 3. The van der Waals surface area contributed by atoms with Gasteiger partial charge in [-0.25, -0.2) is 0 Å². The Labute approximate surface area is 159 Å². The molecule has 1 aromatic rings. The Hall–Kier alpha value is -2.20. The second-order valence-corrected chi connectivity index (χ2v) is 8.27. The fourth-order valence-electron chi connectivity index (χ4n) is 5.81. The highest BCUT2D eigenvalue weighted by atomic mass is 16.5. The third-order valence-corrected chi connectivity index (χ3v) is 6.90. The molecular formula is C23H25NO3. The largest absolute Gasteiger partial charge is 0.383 e. The van der Waals surface area contributed by atoms with Gasteiger partial charge in [-0.15, -0.1) is 0 Å². The van der Waals surface area contributed by atoms with E-state index in [1.54, 1.807) is 7.11 Å². The van der Waals surface area contributed by atoms with E-state index >= 15 is 0 Å². The van der Waals surface area contributed by atoms with Crippen LogP contribution in [-0.4, -0.2) is 42.9 Å². The third-order valence-electron chi connectivity index (χ3n) is 6.90. The van der Waals surface area contributed by atoms with E-state index in [0.29, 0.717) is 24.0 Å². The first kappa shape index (κ1) is 16.9. The molecular weight excluding hydrogens is 338 g/mol. The highest BCUT2D eigenvalue weighted by Gasteiger charge is 2.57. The third kappa shape index (κ3) is 2.46. The number of fused-ring (bicyclic) bond motifs is 5. The van der Waals surface area contributed by atoms with Crippen molar-refractivity contribution in [1.82, 2.24) is 4.90 Å². The van der Waals surface area contributed by atoms with Crippen LogP contribution >= 0.6 is 0 Å². The van der Waals surface area contributed by atoms with E-state index in [4.69, 9.17) is 4.74 Å². The zero-order chi connectivity index (χ0) is 18.5. The molecule has 5 atom stereocenters. The molecule has 140 valence electrons. The van der Waals surface area contributed by atoms with Crippen LogP contribution in [0.2, 0.25) is 0 Å². The van der Waals surface area contributed by atoms with Crippen LogP contribution in [0.3, 0.4) is 0 Å². The lowest BCUT2D eigenvalue weighted by Crippen LogP contribution is -2.40. The number of benzene rings is 1. The van der Waals surface area contributed by atoms with Crippen LogP contribution in [0.5, 0.6) is 0 Å². The number of hydrogen-bond donors (Lipinski definition) is 0. The lowest BCUT2D eigenvalue weighted by atomic mass is 9.81. The van der Waals surface area contributed by atoms with Crippen LogP contribution in [0.4, 0.5) is 0 Å². The van der Waals surface area contributed by atoms with Crippen molar-refractivity contribution in [1.29, 1.82) is 0 Å². The van der Waals surface area contributed by atoms with Gasteiger partial charge in [0.25, 0.3) is 5.91 Å². The van der Waals surface area contributed by atoms with Gasteiger partial charge in [0.2, 0.25) is 0 Å². The van der Waals surface area contributed by atoms with Crippen molar-refractivity contribution < 1.29 is 14.3 Å². The molecule has 4 heteroatoms. The van der Waals surface area contributed by atoms with Crippen molar-refractivity contribution in [3.63, 3.8) is 0 Å². The number of allylic oxidation sites excluding steroid dienone is 3. The van der Waals surface area contributed by atoms with Crippen LogP contribution < -0.4 is 0 Å². The maximum atomic E-state index is 13.7. The second kappa shape index (κ2) is 6.45. The van der Waals surface area contributed by atoms with Crippen molar-refractivity contribution in [3.8, 4) is 0 Å². The minimum atomic E-state index is -0.0439. The molecule has 4 unspecified atom stereocenters. The molecule has 0 spiro atoms. The van der Waals surface area contributed by atoms with Crippen LogP contribution in [0.1, 0.15) is 24.8 Å². The normalized spacial score (nSPS) is 34.0. The molecule has 0 radical (unpaired) electrons. The number of carbonyl (C=O) groups excluding carboxylic acids is 2. The number of ketones is 1. The number of methoxy groups -OCH3 is 1. The number of ether oxygens (including phenoxy) is 1. The average molecular weight is 363 g/mol. The summed E-state index contributed by atoms with van der Waals surface area (Å²) in [5.41, 5.74) is 2.34.